The van der Waals surface area contributed by atoms with E-state index in [1.54, 1.807) is 31.4 Å². The second-order valence-corrected chi connectivity index (χ2v) is 8.77. The molecule has 0 atom stereocenters. The molecule has 0 saturated carbocycles. The van der Waals surface area contributed by atoms with E-state index < -0.39 is 10.0 Å². The molecule has 0 heterocycles. The van der Waals surface area contributed by atoms with E-state index in [0.717, 1.165) is 0 Å². The van der Waals surface area contributed by atoms with Crippen LogP contribution in [0.5, 0.6) is 11.5 Å². The van der Waals surface area contributed by atoms with Gasteiger partial charge in [-0.2, -0.15) is 0 Å². The molecule has 0 aliphatic carbocycles. The average Bonchev–Trinajstić information content (AvgIpc) is 2.75. The van der Waals surface area contributed by atoms with Gasteiger partial charge in [0.1, 0.15) is 11.5 Å². The molecule has 0 aliphatic heterocycles. The molecule has 0 bridgehead atoms. The summed E-state index contributed by atoms with van der Waals surface area (Å²) in [6, 6.07) is 16.9. The van der Waals surface area contributed by atoms with Gasteiger partial charge in [0.05, 0.1) is 27.7 Å². The summed E-state index contributed by atoms with van der Waals surface area (Å²) in [7, 11) is -2.28. The zero-order valence-corrected chi connectivity index (χ0v) is 18.6. The number of sulfonamides is 1. The highest BCUT2D eigenvalue weighted by molar-refractivity contribution is 7.92. The number of anilines is 2. The highest BCUT2D eigenvalue weighted by atomic mass is 35.5. The molecule has 7 nitrogen and oxygen atoms in total. The maximum atomic E-state index is 12.5. The van der Waals surface area contributed by atoms with Crippen LogP contribution in [0.25, 0.3) is 0 Å². The Morgan fingerprint density at radius 3 is 2.10 bits per heavy atom. The van der Waals surface area contributed by atoms with Gasteiger partial charge >= 0.3 is 0 Å². The molecule has 3 aromatic rings. The number of hydrogen-bond donors (Lipinski definition) is 2. The van der Waals surface area contributed by atoms with Gasteiger partial charge in [0.25, 0.3) is 15.9 Å². The zero-order chi connectivity index (χ0) is 22.4. The monoisotopic (exact) mass is 480 g/mol. The van der Waals surface area contributed by atoms with Crippen LogP contribution in [0, 0.1) is 0 Å². The predicted molar refractivity (Wildman–Crippen MR) is 121 cm³/mol. The number of ether oxygens (including phenoxy) is 2. The maximum absolute atomic E-state index is 12.5. The number of carbonyl (C=O) groups is 1. The molecule has 0 fully saturated rings. The van der Waals surface area contributed by atoms with Gasteiger partial charge in [-0.05, 0) is 66.7 Å². The topological polar surface area (TPSA) is 93.7 Å². The molecule has 0 spiro atoms. The van der Waals surface area contributed by atoms with E-state index >= 15 is 0 Å². The van der Waals surface area contributed by atoms with Crippen LogP contribution >= 0.6 is 23.2 Å². The molecule has 0 saturated heterocycles. The lowest BCUT2D eigenvalue weighted by atomic mass is 10.3. The van der Waals surface area contributed by atoms with E-state index in [2.05, 4.69) is 10.0 Å². The van der Waals surface area contributed by atoms with Gasteiger partial charge < -0.3 is 14.8 Å². The summed E-state index contributed by atoms with van der Waals surface area (Å²) in [5.74, 6) is 0.666. The fraction of sp³-hybridized carbons (Fsp3) is 0.0952. The minimum Gasteiger partial charge on any atom is -0.497 e. The first-order valence-electron chi connectivity index (χ1n) is 8.91. The SMILES string of the molecule is COc1ccc(NC(=O)COc2ccc(S(=O)(=O)Nc3ccc(Cl)c(Cl)c3)cc2)cc1. The Bertz CT molecular complexity index is 1170. The van der Waals surface area contributed by atoms with Crippen molar-refractivity contribution in [2.75, 3.05) is 23.8 Å². The molecule has 10 heteroatoms. The van der Waals surface area contributed by atoms with Gasteiger partial charge in [-0.3, -0.25) is 9.52 Å². The molecule has 1 amide bonds. The summed E-state index contributed by atoms with van der Waals surface area (Å²) < 4.78 is 37.9. The molecule has 31 heavy (non-hydrogen) atoms. The number of halogens is 2. The van der Waals surface area contributed by atoms with Crippen molar-refractivity contribution in [3.05, 3.63) is 76.8 Å². The lowest BCUT2D eigenvalue weighted by Gasteiger charge is -2.11. The Kier molecular flexibility index (Phi) is 7.27. The van der Waals surface area contributed by atoms with E-state index in [1.807, 2.05) is 0 Å². The van der Waals surface area contributed by atoms with Crippen LogP contribution in [0.3, 0.4) is 0 Å². The number of amides is 1. The first-order chi connectivity index (χ1) is 14.8. The Labute approximate surface area is 189 Å². The quantitative estimate of drug-likeness (QED) is 0.481. The maximum Gasteiger partial charge on any atom is 0.262 e. The van der Waals surface area contributed by atoms with Crippen LogP contribution in [0.4, 0.5) is 11.4 Å². The summed E-state index contributed by atoms with van der Waals surface area (Å²) in [5.41, 5.74) is 0.883. The van der Waals surface area contributed by atoms with Gasteiger partial charge in [0.2, 0.25) is 0 Å². The number of rotatable bonds is 8. The third kappa shape index (κ3) is 6.27. The standard InChI is InChI=1S/C21H18Cl2N2O5S/c1-29-16-5-2-14(3-6-16)24-21(26)13-30-17-7-9-18(10-8-17)31(27,28)25-15-4-11-19(22)20(23)12-15/h2-12,25H,13H2,1H3,(H,24,26). The van der Waals surface area contributed by atoms with Gasteiger partial charge in [0, 0.05) is 5.69 Å². The summed E-state index contributed by atoms with van der Waals surface area (Å²) in [5, 5.41) is 3.25. The smallest absolute Gasteiger partial charge is 0.262 e. The summed E-state index contributed by atoms with van der Waals surface area (Å²) in [6.07, 6.45) is 0. The fourth-order valence-corrected chi connectivity index (χ4v) is 3.86. The highest BCUT2D eigenvalue weighted by Crippen LogP contribution is 2.27. The number of methoxy groups -OCH3 is 1. The van der Waals surface area contributed by atoms with Crippen molar-refractivity contribution in [1.82, 2.24) is 0 Å². The fourth-order valence-electron chi connectivity index (χ4n) is 2.51. The molecule has 0 unspecified atom stereocenters. The number of nitrogens with one attached hydrogen (secondary N) is 2. The number of carbonyl (C=O) groups excluding carboxylic acids is 1. The Hall–Kier alpha value is -2.94. The summed E-state index contributed by atoms with van der Waals surface area (Å²) in [6.45, 7) is -0.236. The van der Waals surface area contributed by atoms with E-state index in [9.17, 15) is 13.2 Å². The Morgan fingerprint density at radius 1 is 0.871 bits per heavy atom. The third-order valence-electron chi connectivity index (χ3n) is 4.05. The molecule has 0 aromatic heterocycles. The Balaban J connectivity index is 1.57. The normalized spacial score (nSPS) is 10.9. The highest BCUT2D eigenvalue weighted by Gasteiger charge is 2.15. The first-order valence-corrected chi connectivity index (χ1v) is 11.2. The summed E-state index contributed by atoms with van der Waals surface area (Å²) >= 11 is 11.8. The molecular formula is C21H18Cl2N2O5S. The van der Waals surface area contributed by atoms with Crippen molar-refractivity contribution in [2.45, 2.75) is 4.90 Å². The van der Waals surface area contributed by atoms with E-state index in [-0.39, 0.29) is 28.1 Å². The van der Waals surface area contributed by atoms with E-state index in [0.29, 0.717) is 22.2 Å². The molecule has 0 radical (unpaired) electrons. The molecule has 3 rings (SSSR count). The molecule has 0 aliphatic rings. The lowest BCUT2D eigenvalue weighted by Crippen LogP contribution is -2.20. The van der Waals surface area contributed by atoms with Crippen LogP contribution in [0.2, 0.25) is 10.0 Å². The molecule has 3 aromatic carbocycles. The molecular weight excluding hydrogens is 463 g/mol. The van der Waals surface area contributed by atoms with Crippen molar-refractivity contribution < 1.29 is 22.7 Å². The van der Waals surface area contributed by atoms with Gasteiger partial charge in [-0.15, -0.1) is 0 Å². The molecule has 2 N–H and O–H groups in total. The van der Waals surface area contributed by atoms with Gasteiger partial charge in [-0.1, -0.05) is 23.2 Å². The van der Waals surface area contributed by atoms with E-state index in [1.165, 1.54) is 42.5 Å². The Morgan fingerprint density at radius 2 is 1.48 bits per heavy atom. The zero-order valence-electron chi connectivity index (χ0n) is 16.3. The van der Waals surface area contributed by atoms with Crippen LogP contribution in [-0.4, -0.2) is 28.0 Å². The van der Waals surface area contributed by atoms with Gasteiger partial charge in [-0.25, -0.2) is 8.42 Å². The van der Waals surface area contributed by atoms with E-state index in [4.69, 9.17) is 32.7 Å². The van der Waals surface area contributed by atoms with Crippen LogP contribution in [0.1, 0.15) is 0 Å². The van der Waals surface area contributed by atoms with Crippen LogP contribution < -0.4 is 19.5 Å². The first kappa shape index (κ1) is 22.7. The summed E-state index contributed by atoms with van der Waals surface area (Å²) in [4.78, 5) is 12.0. The predicted octanol–water partition coefficient (Wildman–Crippen LogP) is 4.82. The minimum absolute atomic E-state index is 0.0219. The molecule has 162 valence electrons. The van der Waals surface area contributed by atoms with Crippen LogP contribution in [0.15, 0.2) is 71.6 Å². The minimum atomic E-state index is -3.83. The largest absolute Gasteiger partial charge is 0.497 e. The number of benzene rings is 3. The van der Waals surface area contributed by atoms with Crippen molar-refractivity contribution in [3.8, 4) is 11.5 Å². The van der Waals surface area contributed by atoms with Crippen molar-refractivity contribution in [2.24, 2.45) is 0 Å². The van der Waals surface area contributed by atoms with Gasteiger partial charge in [0.15, 0.2) is 6.61 Å². The van der Waals surface area contributed by atoms with Crippen molar-refractivity contribution in [1.29, 1.82) is 0 Å². The van der Waals surface area contributed by atoms with Crippen LogP contribution in [-0.2, 0) is 14.8 Å². The lowest BCUT2D eigenvalue weighted by molar-refractivity contribution is -0.118. The second-order valence-electron chi connectivity index (χ2n) is 6.27. The average molecular weight is 481 g/mol. The van der Waals surface area contributed by atoms with Crippen molar-refractivity contribution in [3.63, 3.8) is 0 Å². The second kappa shape index (κ2) is 9.91. The number of hydrogen-bond acceptors (Lipinski definition) is 5. The third-order valence-corrected chi connectivity index (χ3v) is 6.19. The van der Waals surface area contributed by atoms with Crippen molar-refractivity contribution >= 4 is 50.5 Å².